The van der Waals surface area contributed by atoms with Crippen molar-refractivity contribution < 1.29 is 19.7 Å². The van der Waals surface area contributed by atoms with Gasteiger partial charge in [-0.3, -0.25) is 4.79 Å². The summed E-state index contributed by atoms with van der Waals surface area (Å²) in [4.78, 5) is 14.5. The number of carbonyl (C=O) groups excluding carboxylic acids is 1. The Morgan fingerprint density at radius 1 is 0.892 bits per heavy atom. The molecule has 7 rings (SSSR count). The molecule has 1 heterocycles. The molecule has 5 heteroatoms. The summed E-state index contributed by atoms with van der Waals surface area (Å²) in [6.45, 7) is 9.95. The monoisotopic (exact) mass is 515 g/mol. The van der Waals surface area contributed by atoms with E-state index in [1.165, 1.54) is 70.6 Å². The average molecular weight is 516 g/mol. The molecule has 6 aliphatic carbocycles. The first-order valence-electron chi connectivity index (χ1n) is 15.7. The van der Waals surface area contributed by atoms with Gasteiger partial charge in [0.2, 0.25) is 5.91 Å². The maximum atomic E-state index is 12.4. The van der Waals surface area contributed by atoms with E-state index in [-0.39, 0.29) is 23.5 Å². The van der Waals surface area contributed by atoms with Crippen LogP contribution < -0.4 is 0 Å². The highest BCUT2D eigenvalue weighted by molar-refractivity contribution is 5.73. The van der Waals surface area contributed by atoms with Crippen LogP contribution in [-0.2, 0) is 9.53 Å². The Balaban J connectivity index is 0.00000123. The largest absolute Gasteiger partial charge is 0.400 e. The Kier molecular flexibility index (Phi) is 6.41. The molecule has 7 fully saturated rings. The fourth-order valence-corrected chi connectivity index (χ4v) is 11.9. The molecule has 1 amide bonds. The standard InChI is InChI=1S/C31H49NO3.CH4O/c1-19(33)32(20-6-5-7-20)17-21-8-9-23-25(35-21)16-24-22-10-11-26-28(2,3)27(34)12-13-31(26)18-30(22,31)15-14-29(23,24)4;1-2/h20-27,34H,5-18H2,1-4H3;2H,1H3/t21?,22?,23?,24?,25?,26?,27-,29?,30-,31?;/m0./s1. The number of amides is 1. The highest BCUT2D eigenvalue weighted by Crippen LogP contribution is 2.87. The zero-order chi connectivity index (χ0) is 26.4. The van der Waals surface area contributed by atoms with Gasteiger partial charge >= 0.3 is 0 Å². The van der Waals surface area contributed by atoms with Crippen LogP contribution in [0.25, 0.3) is 0 Å². The van der Waals surface area contributed by atoms with Crippen LogP contribution in [0.1, 0.15) is 111 Å². The molecule has 1 saturated heterocycles. The molecule has 7 aliphatic rings. The average Bonchev–Trinajstić information content (AvgIpc) is 3.42. The Morgan fingerprint density at radius 3 is 2.30 bits per heavy atom. The van der Waals surface area contributed by atoms with Crippen LogP contribution in [0.15, 0.2) is 0 Å². The van der Waals surface area contributed by atoms with Gasteiger partial charge in [0.25, 0.3) is 0 Å². The van der Waals surface area contributed by atoms with Gasteiger partial charge in [-0.25, -0.2) is 0 Å². The summed E-state index contributed by atoms with van der Waals surface area (Å²) in [7, 11) is 1.00. The van der Waals surface area contributed by atoms with E-state index in [2.05, 4.69) is 25.7 Å². The molecule has 6 saturated carbocycles. The van der Waals surface area contributed by atoms with Crippen molar-refractivity contribution >= 4 is 5.91 Å². The van der Waals surface area contributed by atoms with Crippen molar-refractivity contribution in [3.8, 4) is 0 Å². The van der Waals surface area contributed by atoms with Gasteiger partial charge in [0.15, 0.2) is 0 Å². The van der Waals surface area contributed by atoms with Crippen molar-refractivity contribution in [3.63, 3.8) is 0 Å². The van der Waals surface area contributed by atoms with Gasteiger partial charge in [0.05, 0.1) is 18.3 Å². The van der Waals surface area contributed by atoms with E-state index in [4.69, 9.17) is 9.84 Å². The van der Waals surface area contributed by atoms with Crippen LogP contribution in [0.4, 0.5) is 0 Å². The molecular weight excluding hydrogens is 462 g/mol. The van der Waals surface area contributed by atoms with E-state index in [1.54, 1.807) is 6.92 Å². The Labute approximate surface area is 225 Å². The SMILES string of the molecule is CC(=O)N(CC1CCC2C(CC3C4CCC5C(C)(C)[C@@H](O)CCC56C[C@@]46CCC23C)O1)C1CCC1.CO. The second-order valence-electron chi connectivity index (χ2n) is 15.2. The zero-order valence-electron chi connectivity index (χ0n) is 24.2. The maximum absolute atomic E-state index is 12.4. The van der Waals surface area contributed by atoms with Crippen molar-refractivity contribution in [3.05, 3.63) is 0 Å². The van der Waals surface area contributed by atoms with Crippen LogP contribution in [0, 0.1) is 45.3 Å². The molecular formula is C32H53NO4. The lowest BCUT2D eigenvalue weighted by atomic mass is 9.46. The fourth-order valence-electron chi connectivity index (χ4n) is 11.9. The third-order valence-electron chi connectivity index (χ3n) is 14.0. The predicted octanol–water partition coefficient (Wildman–Crippen LogP) is 5.56. The number of ether oxygens (including phenoxy) is 1. The summed E-state index contributed by atoms with van der Waals surface area (Å²) in [6.07, 6.45) is 17.1. The van der Waals surface area contributed by atoms with E-state index in [0.717, 1.165) is 38.3 Å². The van der Waals surface area contributed by atoms with Crippen LogP contribution >= 0.6 is 0 Å². The van der Waals surface area contributed by atoms with Gasteiger partial charge in [-0.05, 0) is 129 Å². The number of hydrogen-bond donors (Lipinski definition) is 2. The van der Waals surface area contributed by atoms with Crippen LogP contribution in [0.3, 0.4) is 0 Å². The lowest BCUT2D eigenvalue weighted by Crippen LogP contribution is -2.54. The molecule has 1 aliphatic heterocycles. The molecule has 0 aromatic carbocycles. The van der Waals surface area contributed by atoms with Gasteiger partial charge in [-0.1, -0.05) is 20.8 Å². The first kappa shape index (κ1) is 26.6. The molecule has 2 N–H and O–H groups in total. The molecule has 2 spiro atoms. The van der Waals surface area contributed by atoms with Crippen molar-refractivity contribution in [2.75, 3.05) is 13.7 Å². The third-order valence-corrected chi connectivity index (χ3v) is 14.0. The van der Waals surface area contributed by atoms with E-state index in [0.29, 0.717) is 40.2 Å². The minimum Gasteiger partial charge on any atom is -0.400 e. The van der Waals surface area contributed by atoms with Gasteiger partial charge in [-0.2, -0.15) is 0 Å². The number of hydrogen-bond acceptors (Lipinski definition) is 4. The third kappa shape index (κ3) is 3.54. The molecule has 0 radical (unpaired) electrons. The maximum Gasteiger partial charge on any atom is 0.219 e. The van der Waals surface area contributed by atoms with Gasteiger partial charge in [0.1, 0.15) is 0 Å². The predicted molar refractivity (Wildman–Crippen MR) is 145 cm³/mol. The molecule has 10 atom stereocenters. The van der Waals surface area contributed by atoms with Crippen molar-refractivity contribution in [1.29, 1.82) is 0 Å². The molecule has 0 bridgehead atoms. The van der Waals surface area contributed by atoms with Crippen molar-refractivity contribution in [2.45, 2.75) is 136 Å². The minimum absolute atomic E-state index is 0.0799. The zero-order valence-corrected chi connectivity index (χ0v) is 24.2. The number of aliphatic hydroxyl groups excluding tert-OH is 2. The summed E-state index contributed by atoms with van der Waals surface area (Å²) in [6, 6.07) is 0.469. The second-order valence-corrected chi connectivity index (χ2v) is 15.2. The summed E-state index contributed by atoms with van der Waals surface area (Å²) < 4.78 is 6.92. The van der Waals surface area contributed by atoms with Gasteiger partial charge in [-0.15, -0.1) is 0 Å². The van der Waals surface area contributed by atoms with Crippen LogP contribution in [-0.4, -0.2) is 59.0 Å². The quantitative estimate of drug-likeness (QED) is 0.516. The van der Waals surface area contributed by atoms with Crippen molar-refractivity contribution in [2.24, 2.45) is 45.3 Å². The fraction of sp³-hybridized carbons (Fsp3) is 0.969. The van der Waals surface area contributed by atoms with E-state index < -0.39 is 0 Å². The Morgan fingerprint density at radius 2 is 1.62 bits per heavy atom. The Hall–Kier alpha value is -0.650. The Bertz CT molecular complexity index is 901. The number of rotatable bonds is 3. The highest BCUT2D eigenvalue weighted by atomic mass is 16.5. The molecule has 210 valence electrons. The van der Waals surface area contributed by atoms with E-state index >= 15 is 0 Å². The molecule has 37 heavy (non-hydrogen) atoms. The summed E-state index contributed by atoms with van der Waals surface area (Å²) >= 11 is 0. The van der Waals surface area contributed by atoms with Gasteiger partial charge in [0, 0.05) is 26.6 Å². The second kappa shape index (κ2) is 8.93. The number of aliphatic hydroxyl groups is 2. The molecule has 0 aromatic heterocycles. The summed E-state index contributed by atoms with van der Waals surface area (Å²) in [5.41, 5.74) is 1.62. The van der Waals surface area contributed by atoms with E-state index in [1.807, 2.05) is 0 Å². The molecule has 8 unspecified atom stereocenters. The minimum atomic E-state index is -0.115. The summed E-state index contributed by atoms with van der Waals surface area (Å²) in [5, 5.41) is 17.9. The lowest BCUT2D eigenvalue weighted by molar-refractivity contribution is -0.144. The number of carbonyl (C=O) groups is 1. The first-order chi connectivity index (χ1) is 17.6. The lowest BCUT2D eigenvalue weighted by Gasteiger charge is -2.59. The van der Waals surface area contributed by atoms with Crippen LogP contribution in [0.5, 0.6) is 0 Å². The van der Waals surface area contributed by atoms with Gasteiger partial charge < -0.3 is 19.8 Å². The van der Waals surface area contributed by atoms with Crippen LogP contribution in [0.2, 0.25) is 0 Å². The normalized spacial score (nSPS) is 51.1. The molecule has 5 nitrogen and oxygen atoms in total. The smallest absolute Gasteiger partial charge is 0.219 e. The molecule has 0 aromatic rings. The highest BCUT2D eigenvalue weighted by Gasteiger charge is 2.80. The summed E-state index contributed by atoms with van der Waals surface area (Å²) in [5.74, 6) is 3.36. The number of fused-ring (bicyclic) bond motifs is 4. The van der Waals surface area contributed by atoms with Crippen molar-refractivity contribution in [1.82, 2.24) is 4.90 Å². The van der Waals surface area contributed by atoms with E-state index in [9.17, 15) is 9.90 Å². The first-order valence-corrected chi connectivity index (χ1v) is 15.7. The topological polar surface area (TPSA) is 70.0 Å². The number of nitrogens with zero attached hydrogens (tertiary/aromatic N) is 1.